The van der Waals surface area contributed by atoms with Crippen molar-refractivity contribution in [2.75, 3.05) is 18.1 Å². The van der Waals surface area contributed by atoms with Gasteiger partial charge >= 0.3 is 6.09 Å². The second-order valence-electron chi connectivity index (χ2n) is 8.27. The molecule has 0 bridgehead atoms. The first kappa shape index (κ1) is 21.3. The van der Waals surface area contributed by atoms with Crippen LogP contribution in [0, 0.1) is 5.82 Å². The molecule has 5 heterocycles. The first-order chi connectivity index (χ1) is 16.8. The first-order valence-corrected chi connectivity index (χ1v) is 10.6. The summed E-state index contributed by atoms with van der Waals surface area (Å²) in [6.45, 7) is 0.00842. The number of hydrogen-bond donors (Lipinski definition) is 1. The summed E-state index contributed by atoms with van der Waals surface area (Å²) in [5, 5.41) is 22.0. The van der Waals surface area contributed by atoms with Gasteiger partial charge in [0.2, 0.25) is 0 Å². The number of ether oxygens (including phenoxy) is 2. The minimum absolute atomic E-state index is 0.0652. The minimum Gasteiger partial charge on any atom is -0.493 e. The molecule has 1 atom stereocenters. The Balaban J connectivity index is 1.59. The molecule has 1 amide bonds. The number of halogens is 3. The number of amides is 1. The Hall–Kier alpha value is -4.29. The molecule has 35 heavy (non-hydrogen) atoms. The van der Waals surface area contributed by atoms with Crippen molar-refractivity contribution in [1.82, 2.24) is 24.4 Å². The predicted molar refractivity (Wildman–Crippen MR) is 114 cm³/mol. The molecule has 180 valence electrons. The lowest BCUT2D eigenvalue weighted by Crippen LogP contribution is -2.31. The van der Waals surface area contributed by atoms with E-state index >= 15 is 0 Å². The van der Waals surface area contributed by atoms with E-state index in [0.29, 0.717) is 22.6 Å². The fraction of sp³-hybridized carbons (Fsp3) is 0.273. The van der Waals surface area contributed by atoms with E-state index in [1.54, 1.807) is 0 Å². The monoisotopic (exact) mass is 486 g/mol. The van der Waals surface area contributed by atoms with Gasteiger partial charge in [0.1, 0.15) is 23.6 Å². The maximum absolute atomic E-state index is 14.9. The van der Waals surface area contributed by atoms with E-state index in [9.17, 15) is 23.1 Å². The smallest absolute Gasteiger partial charge is 0.413 e. The van der Waals surface area contributed by atoms with Crippen molar-refractivity contribution >= 4 is 17.6 Å². The molecule has 0 aliphatic carbocycles. The largest absolute Gasteiger partial charge is 0.493 e. The molecule has 0 radical (unpaired) electrons. The number of nitrogens with zero attached hydrogens (tertiary/aromatic N) is 6. The summed E-state index contributed by atoms with van der Waals surface area (Å²) in [5.74, 6) is -0.207. The predicted octanol–water partition coefficient (Wildman–Crippen LogP) is 3.76. The molecular formula is C22H17F3N6O4. The third-order valence-electron chi connectivity index (χ3n) is 6.26. The van der Waals surface area contributed by atoms with Crippen molar-refractivity contribution in [3.05, 3.63) is 53.2 Å². The molecule has 2 aliphatic rings. The molecule has 13 heteroatoms. The van der Waals surface area contributed by atoms with Crippen molar-refractivity contribution in [2.45, 2.75) is 18.9 Å². The van der Waals surface area contributed by atoms with Crippen molar-refractivity contribution in [2.24, 2.45) is 7.05 Å². The van der Waals surface area contributed by atoms with Gasteiger partial charge in [0.05, 0.1) is 31.4 Å². The van der Waals surface area contributed by atoms with Crippen LogP contribution in [0.4, 0.5) is 23.8 Å². The van der Waals surface area contributed by atoms with Gasteiger partial charge in [-0.1, -0.05) is 0 Å². The van der Waals surface area contributed by atoms with Crippen molar-refractivity contribution in [3.63, 3.8) is 0 Å². The first-order valence-electron chi connectivity index (χ1n) is 10.6. The maximum Gasteiger partial charge on any atom is 0.413 e. The highest BCUT2D eigenvalue weighted by Gasteiger charge is 2.35. The Kier molecular flexibility index (Phi) is 4.62. The van der Waals surface area contributed by atoms with Crippen LogP contribution in [-0.4, -0.2) is 48.8 Å². The molecule has 3 aromatic heterocycles. The maximum atomic E-state index is 14.9. The van der Waals surface area contributed by atoms with Gasteiger partial charge in [0.25, 0.3) is 6.43 Å². The van der Waals surface area contributed by atoms with E-state index in [-0.39, 0.29) is 48.5 Å². The fourth-order valence-corrected chi connectivity index (χ4v) is 4.70. The van der Waals surface area contributed by atoms with Crippen LogP contribution >= 0.6 is 0 Å². The quantitative estimate of drug-likeness (QED) is 0.460. The summed E-state index contributed by atoms with van der Waals surface area (Å²) in [7, 11) is 1.51. The summed E-state index contributed by atoms with van der Waals surface area (Å²) in [6.07, 6.45) is -2.84. The lowest BCUT2D eigenvalue weighted by molar-refractivity contribution is 0.145. The molecule has 4 aromatic rings. The number of aryl methyl sites for hydroxylation is 1. The zero-order valence-electron chi connectivity index (χ0n) is 18.2. The van der Waals surface area contributed by atoms with E-state index in [2.05, 4.69) is 15.3 Å². The van der Waals surface area contributed by atoms with Gasteiger partial charge in [-0.15, -0.1) is 10.2 Å². The fourth-order valence-electron chi connectivity index (χ4n) is 4.70. The van der Waals surface area contributed by atoms with Crippen molar-refractivity contribution < 1.29 is 32.5 Å². The van der Waals surface area contributed by atoms with Crippen LogP contribution in [0.15, 0.2) is 30.6 Å². The Morgan fingerprint density at radius 1 is 1.20 bits per heavy atom. The van der Waals surface area contributed by atoms with E-state index in [4.69, 9.17) is 9.47 Å². The Morgan fingerprint density at radius 2 is 1.97 bits per heavy atom. The SMILES string of the molecule is Cn1nc(C(F)F)cc1-c1cc2c(n3cnnc13)N(C(=O)O)Cc1c(F)ccc3c1[C@@H](CO3)CO2. The molecule has 2 aliphatic heterocycles. The second-order valence-corrected chi connectivity index (χ2v) is 8.27. The summed E-state index contributed by atoms with van der Waals surface area (Å²) < 4.78 is 56.0. The highest BCUT2D eigenvalue weighted by Crippen LogP contribution is 2.43. The van der Waals surface area contributed by atoms with Gasteiger partial charge in [-0.3, -0.25) is 14.0 Å². The van der Waals surface area contributed by atoms with Gasteiger partial charge in [-0.2, -0.15) is 5.10 Å². The van der Waals surface area contributed by atoms with E-state index in [1.165, 1.54) is 46.7 Å². The Bertz CT molecular complexity index is 1500. The standard InChI is InChI=1S/C22H17F3N6O4/c1-29-15(5-14(28-29)19(24)25)11-4-17-21(31-9-26-27-20(11)31)30(22(32)33)6-12-13(23)2-3-16-18(12)10(7-34-16)8-35-17/h2-5,9-10,19H,6-8H2,1H3,(H,32,33)/t10-/m0/s1. The minimum atomic E-state index is -2.78. The number of benzene rings is 1. The number of hydrogen-bond acceptors (Lipinski definition) is 6. The molecule has 10 nitrogen and oxygen atoms in total. The molecule has 0 saturated heterocycles. The van der Waals surface area contributed by atoms with Crippen LogP contribution in [0.2, 0.25) is 0 Å². The normalized spacial score (nSPS) is 16.8. The van der Waals surface area contributed by atoms with Crippen LogP contribution < -0.4 is 14.4 Å². The molecule has 0 unspecified atom stereocenters. The second kappa shape index (κ2) is 7.61. The van der Waals surface area contributed by atoms with Crippen LogP contribution in [0.25, 0.3) is 16.9 Å². The number of alkyl halides is 2. The summed E-state index contributed by atoms with van der Waals surface area (Å²) in [4.78, 5) is 13.4. The number of pyridine rings is 1. The zero-order chi connectivity index (χ0) is 24.4. The van der Waals surface area contributed by atoms with Gasteiger partial charge < -0.3 is 14.6 Å². The van der Waals surface area contributed by atoms with E-state index < -0.39 is 24.0 Å². The molecular weight excluding hydrogens is 469 g/mol. The number of aromatic nitrogens is 5. The molecule has 0 fully saturated rings. The van der Waals surface area contributed by atoms with Gasteiger partial charge in [-0.25, -0.2) is 18.0 Å². The number of carboxylic acid groups (broad SMARTS) is 1. The number of carbonyl (C=O) groups is 1. The van der Waals surface area contributed by atoms with Gasteiger partial charge in [0, 0.05) is 23.7 Å². The lowest BCUT2D eigenvalue weighted by atomic mass is 9.95. The summed E-state index contributed by atoms with van der Waals surface area (Å²) in [5.41, 5.74) is 1.22. The average molecular weight is 486 g/mol. The molecule has 1 N–H and O–H groups in total. The van der Waals surface area contributed by atoms with Crippen LogP contribution in [-0.2, 0) is 13.6 Å². The van der Waals surface area contributed by atoms with E-state index in [0.717, 1.165) is 4.90 Å². The summed E-state index contributed by atoms with van der Waals surface area (Å²) >= 11 is 0. The summed E-state index contributed by atoms with van der Waals surface area (Å²) in [6, 6.07) is 5.51. The Labute approximate surface area is 195 Å². The average Bonchev–Trinajstić information content (AvgIpc) is 3.55. The molecule has 0 saturated carbocycles. The van der Waals surface area contributed by atoms with Crippen LogP contribution in [0.5, 0.6) is 11.5 Å². The lowest BCUT2D eigenvalue weighted by Gasteiger charge is -2.23. The van der Waals surface area contributed by atoms with E-state index in [1.807, 2.05) is 0 Å². The van der Waals surface area contributed by atoms with Gasteiger partial charge in [0.15, 0.2) is 17.2 Å². The Morgan fingerprint density at radius 3 is 2.69 bits per heavy atom. The zero-order valence-corrected chi connectivity index (χ0v) is 18.2. The number of fused-ring (bicyclic) bond motifs is 3. The van der Waals surface area contributed by atoms with Crippen molar-refractivity contribution in [1.29, 1.82) is 0 Å². The topological polar surface area (TPSA) is 107 Å². The molecule has 6 rings (SSSR count). The van der Waals surface area contributed by atoms with Crippen LogP contribution in [0.1, 0.15) is 29.2 Å². The molecule has 1 aromatic carbocycles. The third kappa shape index (κ3) is 3.18. The van der Waals surface area contributed by atoms with Gasteiger partial charge in [-0.05, 0) is 24.3 Å². The van der Waals surface area contributed by atoms with Crippen molar-refractivity contribution in [3.8, 4) is 22.8 Å². The molecule has 0 spiro atoms. The number of rotatable bonds is 2. The highest BCUT2D eigenvalue weighted by molar-refractivity contribution is 5.90. The van der Waals surface area contributed by atoms with Crippen LogP contribution in [0.3, 0.4) is 0 Å². The highest BCUT2D eigenvalue weighted by atomic mass is 19.3. The number of anilines is 1. The third-order valence-corrected chi connectivity index (χ3v) is 6.26.